The van der Waals surface area contributed by atoms with E-state index in [0.717, 1.165) is 32.2 Å². The summed E-state index contributed by atoms with van der Waals surface area (Å²) in [5.41, 5.74) is 4.29. The molecule has 0 spiro atoms. The van der Waals surface area contributed by atoms with Crippen molar-refractivity contribution < 1.29 is 17.9 Å². The maximum absolute atomic E-state index is 12.9. The molecule has 7 nitrogen and oxygen atoms in total. The number of halogens is 1. The number of benzene rings is 2. The highest BCUT2D eigenvalue weighted by Crippen LogP contribution is 2.24. The minimum Gasteiger partial charge on any atom is -0.496 e. The lowest BCUT2D eigenvalue weighted by Gasteiger charge is -2.36. The van der Waals surface area contributed by atoms with Crippen LogP contribution in [-0.4, -0.2) is 39.0 Å². The smallest absolute Gasteiger partial charge is 0.269 e. The van der Waals surface area contributed by atoms with Crippen molar-refractivity contribution in [1.29, 1.82) is 0 Å². The average molecular weight is 440 g/mol. The Balaban J connectivity index is 0.00000300. The van der Waals surface area contributed by atoms with E-state index in [9.17, 15) is 13.2 Å². The summed E-state index contributed by atoms with van der Waals surface area (Å²) < 4.78 is 28.5. The second-order valence-corrected chi connectivity index (χ2v) is 8.44. The van der Waals surface area contributed by atoms with E-state index in [-0.39, 0.29) is 28.9 Å². The van der Waals surface area contributed by atoms with Crippen LogP contribution >= 0.6 is 12.4 Å². The van der Waals surface area contributed by atoms with E-state index < -0.39 is 15.9 Å². The molecule has 1 amide bonds. The zero-order chi connectivity index (χ0) is 20.1. The Hall–Kier alpha value is -2.13. The van der Waals surface area contributed by atoms with Crippen molar-refractivity contribution in [3.63, 3.8) is 0 Å². The Morgan fingerprint density at radius 1 is 1.21 bits per heavy atom. The fourth-order valence-corrected chi connectivity index (χ4v) is 4.02. The van der Waals surface area contributed by atoms with Gasteiger partial charge >= 0.3 is 0 Å². The summed E-state index contributed by atoms with van der Waals surface area (Å²) in [6, 6.07) is 14.3. The number of carbonyl (C=O) groups excluding carboxylic acids is 1. The van der Waals surface area contributed by atoms with Crippen molar-refractivity contribution in [1.82, 2.24) is 10.4 Å². The molecule has 1 atom stereocenters. The van der Waals surface area contributed by atoms with Gasteiger partial charge in [0.05, 0.1) is 17.6 Å². The zero-order valence-electron chi connectivity index (χ0n) is 16.2. The minimum atomic E-state index is -3.92. The molecule has 0 bridgehead atoms. The fraction of sp³-hybridized carbons (Fsp3) is 0.350. The topological polar surface area (TPSA) is 102 Å². The number of carbonyl (C=O) groups is 1. The molecule has 0 radical (unpaired) electrons. The molecule has 0 aromatic heterocycles. The highest BCUT2D eigenvalue weighted by Gasteiger charge is 2.26. The Bertz CT molecular complexity index is 938. The van der Waals surface area contributed by atoms with Gasteiger partial charge in [0.15, 0.2) is 0 Å². The standard InChI is InChI=1S/C20H25N3O4S.ClH/c1-27-19-11-10-17(28(21,25)26)14-18(19)20(24)22-23-12-6-5-9-16(23)13-15-7-3-2-4-8-15;/h2-4,7-8,10-11,14,16H,5-6,9,12-13H2,1H3,(H,22,24)(H2,21,25,26);1H. The molecule has 9 heteroatoms. The molecule has 0 saturated carbocycles. The number of primary sulfonamides is 1. The first-order valence-corrected chi connectivity index (χ1v) is 10.8. The van der Waals surface area contributed by atoms with Gasteiger partial charge in [0.2, 0.25) is 10.0 Å². The van der Waals surface area contributed by atoms with Crippen molar-refractivity contribution >= 4 is 28.3 Å². The number of nitrogens with zero attached hydrogens (tertiary/aromatic N) is 1. The number of hydrogen-bond acceptors (Lipinski definition) is 5. The molecular formula is C20H26ClN3O4S. The van der Waals surface area contributed by atoms with Gasteiger partial charge in [-0.2, -0.15) is 0 Å². The highest BCUT2D eigenvalue weighted by atomic mass is 35.5. The third kappa shape index (κ3) is 5.93. The first-order valence-electron chi connectivity index (χ1n) is 9.21. The number of nitrogens with two attached hydrogens (primary N) is 1. The van der Waals surface area contributed by atoms with E-state index in [0.29, 0.717) is 5.75 Å². The van der Waals surface area contributed by atoms with Crippen LogP contribution in [0.3, 0.4) is 0 Å². The number of rotatable bonds is 6. The number of hydrazine groups is 1. The summed E-state index contributed by atoms with van der Waals surface area (Å²) in [5, 5.41) is 7.15. The average Bonchev–Trinajstić information content (AvgIpc) is 2.69. The summed E-state index contributed by atoms with van der Waals surface area (Å²) in [6.07, 6.45) is 3.90. The quantitative estimate of drug-likeness (QED) is 0.720. The number of methoxy groups -OCH3 is 1. The Labute approximate surface area is 177 Å². The number of ether oxygens (including phenoxy) is 1. The van der Waals surface area contributed by atoms with Crippen LogP contribution in [0.25, 0.3) is 0 Å². The molecule has 3 N–H and O–H groups in total. The number of piperidine rings is 1. The molecular weight excluding hydrogens is 414 g/mol. The molecule has 3 rings (SSSR count). The van der Waals surface area contributed by atoms with Gasteiger partial charge in [-0.15, -0.1) is 12.4 Å². The van der Waals surface area contributed by atoms with E-state index in [1.54, 1.807) is 0 Å². The second kappa shape index (κ2) is 10.1. The molecule has 1 saturated heterocycles. The van der Waals surface area contributed by atoms with Gasteiger partial charge in [-0.3, -0.25) is 10.2 Å². The first-order chi connectivity index (χ1) is 13.4. The van der Waals surface area contributed by atoms with E-state index in [1.807, 2.05) is 23.2 Å². The maximum Gasteiger partial charge on any atom is 0.269 e. The van der Waals surface area contributed by atoms with Crippen molar-refractivity contribution in [2.45, 2.75) is 36.6 Å². The normalized spacial score (nSPS) is 17.2. The minimum absolute atomic E-state index is 0. The van der Waals surface area contributed by atoms with E-state index in [4.69, 9.17) is 9.88 Å². The van der Waals surface area contributed by atoms with Gasteiger partial charge in [-0.05, 0) is 43.0 Å². The van der Waals surface area contributed by atoms with Crippen LogP contribution in [0.5, 0.6) is 5.75 Å². The van der Waals surface area contributed by atoms with Gasteiger partial charge in [-0.25, -0.2) is 18.6 Å². The molecule has 1 aliphatic rings. The molecule has 1 unspecified atom stereocenters. The van der Waals surface area contributed by atoms with Crippen molar-refractivity contribution in [2.75, 3.05) is 13.7 Å². The molecule has 1 aliphatic heterocycles. The molecule has 1 heterocycles. The summed E-state index contributed by atoms with van der Waals surface area (Å²) in [6.45, 7) is 0.737. The van der Waals surface area contributed by atoms with Crippen LogP contribution in [0, 0.1) is 0 Å². The summed E-state index contributed by atoms with van der Waals surface area (Å²) >= 11 is 0. The van der Waals surface area contributed by atoms with Gasteiger partial charge in [-0.1, -0.05) is 36.8 Å². The van der Waals surface area contributed by atoms with Crippen molar-refractivity contribution in [2.24, 2.45) is 5.14 Å². The lowest BCUT2D eigenvalue weighted by Crippen LogP contribution is -2.51. The van der Waals surface area contributed by atoms with Gasteiger partial charge in [0.25, 0.3) is 5.91 Å². The summed E-state index contributed by atoms with van der Waals surface area (Å²) in [4.78, 5) is 12.8. The molecule has 2 aromatic carbocycles. The van der Waals surface area contributed by atoms with Crippen LogP contribution in [0.4, 0.5) is 0 Å². The van der Waals surface area contributed by atoms with Crippen LogP contribution in [-0.2, 0) is 16.4 Å². The van der Waals surface area contributed by atoms with E-state index >= 15 is 0 Å². The summed E-state index contributed by atoms with van der Waals surface area (Å²) in [5.74, 6) is -0.121. The monoisotopic (exact) mass is 439 g/mol. The predicted molar refractivity (Wildman–Crippen MR) is 114 cm³/mol. The zero-order valence-corrected chi connectivity index (χ0v) is 17.8. The molecule has 29 heavy (non-hydrogen) atoms. The van der Waals surface area contributed by atoms with E-state index in [2.05, 4.69) is 17.6 Å². The highest BCUT2D eigenvalue weighted by molar-refractivity contribution is 7.89. The van der Waals surface area contributed by atoms with Crippen LogP contribution in [0.1, 0.15) is 35.2 Å². The molecule has 0 aliphatic carbocycles. The molecule has 158 valence electrons. The van der Waals surface area contributed by atoms with Crippen LogP contribution in [0.15, 0.2) is 53.4 Å². The third-order valence-corrected chi connectivity index (χ3v) is 5.84. The maximum atomic E-state index is 12.9. The largest absolute Gasteiger partial charge is 0.496 e. The number of sulfonamides is 1. The van der Waals surface area contributed by atoms with Crippen molar-refractivity contribution in [3.05, 3.63) is 59.7 Å². The van der Waals surface area contributed by atoms with Crippen molar-refractivity contribution in [3.8, 4) is 5.75 Å². The Kier molecular flexibility index (Phi) is 8.04. The predicted octanol–water partition coefficient (Wildman–Crippen LogP) is 2.51. The fourth-order valence-electron chi connectivity index (χ4n) is 3.48. The number of nitrogens with one attached hydrogen (secondary N) is 1. The Morgan fingerprint density at radius 2 is 1.93 bits per heavy atom. The Morgan fingerprint density at radius 3 is 2.59 bits per heavy atom. The van der Waals surface area contributed by atoms with Crippen LogP contribution < -0.4 is 15.3 Å². The third-order valence-electron chi connectivity index (χ3n) is 4.93. The van der Waals surface area contributed by atoms with Crippen LogP contribution in [0.2, 0.25) is 0 Å². The first kappa shape index (κ1) is 23.2. The number of amides is 1. The SMILES string of the molecule is COc1ccc(S(N)(=O)=O)cc1C(=O)NN1CCCCC1Cc1ccccc1.Cl. The van der Waals surface area contributed by atoms with Gasteiger partial charge in [0, 0.05) is 12.6 Å². The lowest BCUT2D eigenvalue weighted by molar-refractivity contribution is 0.0570. The second-order valence-electron chi connectivity index (χ2n) is 6.88. The summed E-state index contributed by atoms with van der Waals surface area (Å²) in [7, 11) is -2.49. The van der Waals surface area contributed by atoms with E-state index in [1.165, 1.54) is 30.9 Å². The molecule has 1 fully saturated rings. The molecule has 2 aromatic rings. The lowest BCUT2D eigenvalue weighted by atomic mass is 9.97. The number of hydrogen-bond donors (Lipinski definition) is 2. The van der Waals surface area contributed by atoms with Gasteiger partial charge in [0.1, 0.15) is 5.75 Å². The van der Waals surface area contributed by atoms with Gasteiger partial charge < -0.3 is 4.74 Å².